The summed E-state index contributed by atoms with van der Waals surface area (Å²) in [7, 11) is 0. The van der Waals surface area contributed by atoms with Crippen LogP contribution >= 0.6 is 0 Å². The molecule has 1 aliphatic heterocycles. The Balaban J connectivity index is 1.86. The lowest BCUT2D eigenvalue weighted by Gasteiger charge is -2.33. The number of halogens is 1. The quantitative estimate of drug-likeness (QED) is 0.846. The highest BCUT2D eigenvalue weighted by Gasteiger charge is 2.26. The lowest BCUT2D eigenvalue weighted by molar-refractivity contribution is -0.126. The van der Waals surface area contributed by atoms with Crippen LogP contribution in [0.3, 0.4) is 0 Å². The number of nitrogens with zero attached hydrogens (tertiary/aromatic N) is 1. The SMILES string of the molecule is CCCNC(=O)C1CCCN(CC(O)c2ccc(F)cc2)C1. The van der Waals surface area contributed by atoms with Crippen molar-refractivity contribution in [1.82, 2.24) is 10.2 Å². The van der Waals surface area contributed by atoms with Crippen LogP contribution in [0.4, 0.5) is 4.39 Å². The molecular weight excluding hydrogens is 283 g/mol. The smallest absolute Gasteiger partial charge is 0.224 e. The summed E-state index contributed by atoms with van der Waals surface area (Å²) in [6, 6.07) is 5.93. The van der Waals surface area contributed by atoms with Gasteiger partial charge in [0.05, 0.1) is 12.0 Å². The highest BCUT2D eigenvalue weighted by atomic mass is 19.1. The standard InChI is InChI=1S/C17H25FN2O2/c1-2-9-19-17(22)14-4-3-10-20(11-14)12-16(21)13-5-7-15(18)8-6-13/h5-8,14,16,21H,2-4,9-12H2,1H3,(H,19,22). The fourth-order valence-corrected chi connectivity index (χ4v) is 2.86. The van der Waals surface area contributed by atoms with Gasteiger partial charge in [0.25, 0.3) is 0 Å². The van der Waals surface area contributed by atoms with Gasteiger partial charge in [-0.25, -0.2) is 4.39 Å². The number of amides is 1. The molecule has 0 radical (unpaired) electrons. The molecule has 0 aliphatic carbocycles. The minimum atomic E-state index is -0.655. The molecule has 122 valence electrons. The minimum absolute atomic E-state index is 0.000665. The van der Waals surface area contributed by atoms with Crippen LogP contribution in [0.2, 0.25) is 0 Å². The van der Waals surface area contributed by atoms with E-state index in [1.165, 1.54) is 12.1 Å². The van der Waals surface area contributed by atoms with E-state index in [0.29, 0.717) is 25.2 Å². The number of piperidine rings is 1. The van der Waals surface area contributed by atoms with Gasteiger partial charge in [-0.15, -0.1) is 0 Å². The first kappa shape index (κ1) is 16.9. The second-order valence-electron chi connectivity index (χ2n) is 5.96. The number of aliphatic hydroxyl groups excluding tert-OH is 1. The Kier molecular flexibility index (Phi) is 6.34. The number of β-amino-alcohol motifs (C(OH)–C–C–N with tert-alkyl or cyclic N) is 1. The van der Waals surface area contributed by atoms with Gasteiger partial charge in [-0.3, -0.25) is 9.69 Å². The molecule has 0 saturated carbocycles. The summed E-state index contributed by atoms with van der Waals surface area (Å²) in [5.41, 5.74) is 0.707. The Bertz CT molecular complexity index is 478. The van der Waals surface area contributed by atoms with E-state index in [9.17, 15) is 14.3 Å². The fourth-order valence-electron chi connectivity index (χ4n) is 2.86. The van der Waals surface area contributed by atoms with Gasteiger partial charge in [0.15, 0.2) is 0 Å². The van der Waals surface area contributed by atoms with Gasteiger partial charge in [0, 0.05) is 19.6 Å². The average Bonchev–Trinajstić information content (AvgIpc) is 2.53. The van der Waals surface area contributed by atoms with Crippen LogP contribution in [0.1, 0.15) is 37.9 Å². The van der Waals surface area contributed by atoms with Gasteiger partial charge in [-0.05, 0) is 43.5 Å². The van der Waals surface area contributed by atoms with Crippen molar-refractivity contribution >= 4 is 5.91 Å². The van der Waals surface area contributed by atoms with Crippen LogP contribution in [0.25, 0.3) is 0 Å². The molecule has 4 nitrogen and oxygen atoms in total. The molecule has 1 aromatic carbocycles. The number of nitrogens with one attached hydrogen (secondary N) is 1. The molecule has 0 aromatic heterocycles. The molecule has 2 N–H and O–H groups in total. The van der Waals surface area contributed by atoms with Crippen LogP contribution in [-0.2, 0) is 4.79 Å². The first-order chi connectivity index (χ1) is 10.6. The Morgan fingerprint density at radius 3 is 2.86 bits per heavy atom. The average molecular weight is 308 g/mol. The molecule has 1 aromatic rings. The first-order valence-corrected chi connectivity index (χ1v) is 8.03. The van der Waals surface area contributed by atoms with Crippen molar-refractivity contribution < 1.29 is 14.3 Å². The highest BCUT2D eigenvalue weighted by molar-refractivity contribution is 5.78. The van der Waals surface area contributed by atoms with E-state index in [1.807, 2.05) is 6.92 Å². The maximum absolute atomic E-state index is 12.9. The predicted octanol–water partition coefficient (Wildman–Crippen LogP) is 2.10. The Morgan fingerprint density at radius 1 is 1.45 bits per heavy atom. The molecule has 1 amide bonds. The molecule has 1 fully saturated rings. The van der Waals surface area contributed by atoms with E-state index < -0.39 is 6.10 Å². The van der Waals surface area contributed by atoms with Crippen LogP contribution in [0.5, 0.6) is 0 Å². The third-order valence-electron chi connectivity index (χ3n) is 4.11. The molecule has 1 aliphatic rings. The van der Waals surface area contributed by atoms with Crippen molar-refractivity contribution in [1.29, 1.82) is 0 Å². The summed E-state index contributed by atoms with van der Waals surface area (Å²) < 4.78 is 12.9. The summed E-state index contributed by atoms with van der Waals surface area (Å²) in [6.07, 6.45) is 2.14. The summed E-state index contributed by atoms with van der Waals surface area (Å²) in [4.78, 5) is 14.2. The minimum Gasteiger partial charge on any atom is -0.387 e. The first-order valence-electron chi connectivity index (χ1n) is 8.03. The van der Waals surface area contributed by atoms with Crippen molar-refractivity contribution in [2.45, 2.75) is 32.3 Å². The molecule has 5 heteroatoms. The summed E-state index contributed by atoms with van der Waals surface area (Å²) in [6.45, 7) is 4.78. The van der Waals surface area contributed by atoms with E-state index in [4.69, 9.17) is 0 Å². The van der Waals surface area contributed by atoms with E-state index in [-0.39, 0.29) is 17.6 Å². The number of benzene rings is 1. The monoisotopic (exact) mass is 308 g/mol. The van der Waals surface area contributed by atoms with Crippen LogP contribution in [-0.4, -0.2) is 42.1 Å². The van der Waals surface area contributed by atoms with Crippen molar-refractivity contribution in [3.63, 3.8) is 0 Å². The molecule has 2 atom stereocenters. The molecule has 22 heavy (non-hydrogen) atoms. The summed E-state index contributed by atoms with van der Waals surface area (Å²) >= 11 is 0. The van der Waals surface area contributed by atoms with Crippen molar-refractivity contribution in [2.24, 2.45) is 5.92 Å². The number of carbonyl (C=O) groups excluding carboxylic acids is 1. The Morgan fingerprint density at radius 2 is 2.18 bits per heavy atom. The number of hydrogen-bond donors (Lipinski definition) is 2. The second-order valence-corrected chi connectivity index (χ2v) is 5.96. The Hall–Kier alpha value is -1.46. The normalized spacial score (nSPS) is 20.6. The van der Waals surface area contributed by atoms with Crippen molar-refractivity contribution in [3.8, 4) is 0 Å². The number of rotatable bonds is 6. The topological polar surface area (TPSA) is 52.6 Å². The molecule has 0 spiro atoms. The molecule has 1 saturated heterocycles. The molecular formula is C17H25FN2O2. The van der Waals surface area contributed by atoms with Gasteiger partial charge in [0.2, 0.25) is 5.91 Å². The number of likely N-dealkylation sites (tertiary alicyclic amines) is 1. The van der Waals surface area contributed by atoms with Gasteiger partial charge < -0.3 is 10.4 Å². The molecule has 1 heterocycles. The van der Waals surface area contributed by atoms with E-state index in [2.05, 4.69) is 10.2 Å². The third kappa shape index (κ3) is 4.78. The zero-order valence-corrected chi connectivity index (χ0v) is 13.1. The summed E-state index contributed by atoms with van der Waals surface area (Å²) in [5, 5.41) is 13.2. The molecule has 2 rings (SSSR count). The van der Waals surface area contributed by atoms with Gasteiger partial charge in [-0.1, -0.05) is 19.1 Å². The lowest BCUT2D eigenvalue weighted by Crippen LogP contribution is -2.44. The van der Waals surface area contributed by atoms with E-state index >= 15 is 0 Å². The van der Waals surface area contributed by atoms with E-state index in [0.717, 1.165) is 25.8 Å². The van der Waals surface area contributed by atoms with Gasteiger partial charge >= 0.3 is 0 Å². The second kappa shape index (κ2) is 8.25. The van der Waals surface area contributed by atoms with Crippen LogP contribution in [0, 0.1) is 11.7 Å². The van der Waals surface area contributed by atoms with Crippen molar-refractivity contribution in [2.75, 3.05) is 26.2 Å². The zero-order chi connectivity index (χ0) is 15.9. The maximum atomic E-state index is 12.9. The number of carbonyl (C=O) groups is 1. The molecule has 2 unspecified atom stereocenters. The zero-order valence-electron chi connectivity index (χ0n) is 13.1. The Labute approximate surface area is 131 Å². The third-order valence-corrected chi connectivity index (χ3v) is 4.11. The largest absolute Gasteiger partial charge is 0.387 e. The maximum Gasteiger partial charge on any atom is 0.224 e. The van der Waals surface area contributed by atoms with Gasteiger partial charge in [0.1, 0.15) is 5.82 Å². The van der Waals surface area contributed by atoms with Gasteiger partial charge in [-0.2, -0.15) is 0 Å². The van der Waals surface area contributed by atoms with E-state index in [1.54, 1.807) is 12.1 Å². The van der Waals surface area contributed by atoms with Crippen molar-refractivity contribution in [3.05, 3.63) is 35.6 Å². The predicted molar refractivity (Wildman–Crippen MR) is 83.8 cm³/mol. The highest BCUT2D eigenvalue weighted by Crippen LogP contribution is 2.21. The fraction of sp³-hybridized carbons (Fsp3) is 0.588. The summed E-state index contributed by atoms with van der Waals surface area (Å²) in [5.74, 6) is -0.190. The van der Waals surface area contributed by atoms with Crippen LogP contribution in [0.15, 0.2) is 24.3 Å². The lowest BCUT2D eigenvalue weighted by atomic mass is 9.96. The molecule has 0 bridgehead atoms. The number of aliphatic hydroxyl groups is 1. The number of hydrogen-bond acceptors (Lipinski definition) is 3. The van der Waals surface area contributed by atoms with Crippen LogP contribution < -0.4 is 5.32 Å².